The standard InChI is InChI=1S/C26H31N7O/c1-31-10-9-19(22(15-31)17-6-4-3-5-7-17)25(34)33-16-23-21(20-12-24(20)33)14-28-26(29-23)27-13-18-8-11-32(2)30-18/h3-8,11,14,19-20,22,24H,9-10,12-13,15-16H2,1-2H3,(H,27,28,29)/t19-,20-,22+,24-/m0/s1. The number of carbonyl (C=O) groups is 1. The van der Waals surface area contributed by atoms with Gasteiger partial charge in [-0.3, -0.25) is 9.48 Å². The third-order valence-electron chi connectivity index (χ3n) is 7.62. The zero-order valence-electron chi connectivity index (χ0n) is 19.8. The number of aromatic nitrogens is 4. The molecule has 0 bridgehead atoms. The second-order valence-corrected chi connectivity index (χ2v) is 9.98. The maximum atomic E-state index is 13.9. The van der Waals surface area contributed by atoms with Crippen LogP contribution in [0.1, 0.15) is 47.2 Å². The molecule has 1 N–H and O–H groups in total. The Bertz CT molecular complexity index is 1190. The molecular formula is C26H31N7O. The highest BCUT2D eigenvalue weighted by molar-refractivity contribution is 5.81. The van der Waals surface area contributed by atoms with Crippen LogP contribution in [-0.4, -0.2) is 61.6 Å². The molecule has 4 atom stereocenters. The number of likely N-dealkylation sites (N-methyl/N-ethyl adjacent to an activating group) is 1. The van der Waals surface area contributed by atoms with E-state index >= 15 is 0 Å². The van der Waals surface area contributed by atoms with E-state index in [-0.39, 0.29) is 11.8 Å². The normalized spacial score (nSPS) is 26.0. The van der Waals surface area contributed by atoms with Crippen molar-refractivity contribution >= 4 is 11.9 Å². The third-order valence-corrected chi connectivity index (χ3v) is 7.62. The second kappa shape index (κ2) is 8.51. The van der Waals surface area contributed by atoms with E-state index in [1.165, 1.54) is 11.1 Å². The Hall–Kier alpha value is -3.26. The van der Waals surface area contributed by atoms with E-state index in [0.29, 0.717) is 36.9 Å². The van der Waals surface area contributed by atoms with Crippen molar-refractivity contribution in [3.8, 4) is 0 Å². The number of amides is 1. The molecule has 3 aromatic rings. The number of nitrogens with zero attached hydrogens (tertiary/aromatic N) is 6. The molecular weight excluding hydrogens is 426 g/mol. The van der Waals surface area contributed by atoms with Gasteiger partial charge in [0.2, 0.25) is 11.9 Å². The summed E-state index contributed by atoms with van der Waals surface area (Å²) in [5.41, 5.74) is 4.40. The van der Waals surface area contributed by atoms with Crippen molar-refractivity contribution in [3.05, 3.63) is 71.3 Å². The topological polar surface area (TPSA) is 79.2 Å². The predicted molar refractivity (Wildman–Crippen MR) is 129 cm³/mol. The minimum Gasteiger partial charge on any atom is -0.348 e. The molecule has 1 saturated carbocycles. The number of likely N-dealkylation sites (tertiary alicyclic amines) is 1. The molecule has 8 nitrogen and oxygen atoms in total. The van der Waals surface area contributed by atoms with E-state index < -0.39 is 0 Å². The van der Waals surface area contributed by atoms with Crippen LogP contribution in [-0.2, 0) is 24.9 Å². The summed E-state index contributed by atoms with van der Waals surface area (Å²) in [6.07, 6.45) is 5.80. The number of benzene rings is 1. The number of fused-ring (bicyclic) bond motifs is 3. The van der Waals surface area contributed by atoms with Crippen molar-refractivity contribution in [1.82, 2.24) is 29.5 Å². The lowest BCUT2D eigenvalue weighted by atomic mass is 9.79. The van der Waals surface area contributed by atoms with Gasteiger partial charge >= 0.3 is 0 Å². The number of piperidine rings is 1. The molecule has 176 valence electrons. The maximum Gasteiger partial charge on any atom is 0.227 e. The Kier molecular flexibility index (Phi) is 5.32. The largest absolute Gasteiger partial charge is 0.348 e. The van der Waals surface area contributed by atoms with Crippen LogP contribution in [0.15, 0.2) is 48.8 Å². The van der Waals surface area contributed by atoms with E-state index in [0.717, 1.165) is 37.3 Å². The first-order valence-corrected chi connectivity index (χ1v) is 12.2. The first kappa shape index (κ1) is 21.3. The van der Waals surface area contributed by atoms with Gasteiger partial charge < -0.3 is 15.1 Å². The smallest absolute Gasteiger partial charge is 0.227 e. The van der Waals surface area contributed by atoms with Crippen LogP contribution in [0.4, 0.5) is 5.95 Å². The van der Waals surface area contributed by atoms with Gasteiger partial charge in [-0.25, -0.2) is 9.97 Å². The fraction of sp³-hybridized carbons (Fsp3) is 0.462. The van der Waals surface area contributed by atoms with Gasteiger partial charge in [0.05, 0.1) is 24.5 Å². The number of aryl methyl sites for hydroxylation is 1. The van der Waals surface area contributed by atoms with Crippen LogP contribution < -0.4 is 5.32 Å². The van der Waals surface area contributed by atoms with E-state index in [1.54, 1.807) is 4.68 Å². The summed E-state index contributed by atoms with van der Waals surface area (Å²) < 4.78 is 1.78. The average Bonchev–Trinajstić information content (AvgIpc) is 3.56. The second-order valence-electron chi connectivity index (χ2n) is 9.98. The molecule has 2 fully saturated rings. The van der Waals surface area contributed by atoms with Crippen molar-refractivity contribution in [2.24, 2.45) is 13.0 Å². The molecule has 6 rings (SSSR count). The lowest BCUT2D eigenvalue weighted by Crippen LogP contribution is -2.47. The molecule has 1 aliphatic carbocycles. The van der Waals surface area contributed by atoms with E-state index in [1.807, 2.05) is 31.6 Å². The van der Waals surface area contributed by atoms with Crippen molar-refractivity contribution in [2.45, 2.75) is 43.8 Å². The fourth-order valence-electron chi connectivity index (χ4n) is 5.72. The summed E-state index contributed by atoms with van der Waals surface area (Å²) in [5, 5.41) is 7.69. The molecule has 1 saturated heterocycles. The molecule has 2 aromatic heterocycles. The zero-order chi connectivity index (χ0) is 23.2. The number of hydrogen-bond donors (Lipinski definition) is 1. The van der Waals surface area contributed by atoms with E-state index in [4.69, 9.17) is 4.98 Å². The fourth-order valence-corrected chi connectivity index (χ4v) is 5.72. The Balaban J connectivity index is 1.21. The summed E-state index contributed by atoms with van der Waals surface area (Å²) >= 11 is 0. The van der Waals surface area contributed by atoms with Gasteiger partial charge in [-0.1, -0.05) is 30.3 Å². The molecule has 0 unspecified atom stereocenters. The minimum absolute atomic E-state index is 0.0185. The van der Waals surface area contributed by atoms with Crippen molar-refractivity contribution in [1.29, 1.82) is 0 Å². The monoisotopic (exact) mass is 457 g/mol. The first-order chi connectivity index (χ1) is 16.6. The molecule has 3 aliphatic rings. The first-order valence-electron chi connectivity index (χ1n) is 12.2. The summed E-state index contributed by atoms with van der Waals surface area (Å²) in [7, 11) is 4.06. The van der Waals surface area contributed by atoms with E-state index in [2.05, 4.69) is 56.5 Å². The highest BCUT2D eigenvalue weighted by atomic mass is 16.2. The van der Waals surface area contributed by atoms with Crippen molar-refractivity contribution in [2.75, 3.05) is 25.5 Å². The molecule has 1 amide bonds. The van der Waals surface area contributed by atoms with Crippen LogP contribution >= 0.6 is 0 Å². The lowest BCUT2D eigenvalue weighted by molar-refractivity contribution is -0.139. The molecule has 1 aromatic carbocycles. The Labute approximate surface area is 200 Å². The summed E-state index contributed by atoms with van der Waals surface area (Å²) in [6.45, 7) is 3.03. The Morgan fingerprint density at radius 3 is 2.79 bits per heavy atom. The maximum absolute atomic E-state index is 13.9. The number of hydrogen-bond acceptors (Lipinski definition) is 6. The van der Waals surface area contributed by atoms with Crippen molar-refractivity contribution in [3.63, 3.8) is 0 Å². The number of carbonyl (C=O) groups excluding carboxylic acids is 1. The van der Waals surface area contributed by atoms with Crippen LogP contribution in [0.5, 0.6) is 0 Å². The highest BCUT2D eigenvalue weighted by Crippen LogP contribution is 2.50. The van der Waals surface area contributed by atoms with Crippen molar-refractivity contribution < 1.29 is 4.79 Å². The molecule has 34 heavy (non-hydrogen) atoms. The van der Waals surface area contributed by atoms with Gasteiger partial charge in [0, 0.05) is 49.8 Å². The van der Waals surface area contributed by atoms with Gasteiger partial charge in [-0.2, -0.15) is 5.10 Å². The van der Waals surface area contributed by atoms with Crippen LogP contribution in [0, 0.1) is 5.92 Å². The van der Waals surface area contributed by atoms with Crippen LogP contribution in [0.2, 0.25) is 0 Å². The number of rotatable bonds is 5. The van der Waals surface area contributed by atoms with Gasteiger partial charge in [0.25, 0.3) is 0 Å². The van der Waals surface area contributed by atoms with Gasteiger partial charge in [-0.15, -0.1) is 0 Å². The highest BCUT2D eigenvalue weighted by Gasteiger charge is 2.51. The lowest BCUT2D eigenvalue weighted by Gasteiger charge is -2.39. The average molecular weight is 458 g/mol. The molecule has 2 aliphatic heterocycles. The summed E-state index contributed by atoms with van der Waals surface area (Å²) in [4.78, 5) is 27.8. The molecule has 4 heterocycles. The van der Waals surface area contributed by atoms with Crippen LogP contribution in [0.25, 0.3) is 0 Å². The SMILES string of the molecule is CN1CC[C@H](C(=O)N2Cc3nc(NCc4ccn(C)n4)ncc3[C@@H]3C[C@@H]32)[C@@H](c2ccccc2)C1. The predicted octanol–water partition coefficient (Wildman–Crippen LogP) is 2.76. The molecule has 0 radical (unpaired) electrons. The summed E-state index contributed by atoms with van der Waals surface area (Å²) in [5.74, 6) is 1.51. The van der Waals surface area contributed by atoms with E-state index in [9.17, 15) is 4.79 Å². The van der Waals surface area contributed by atoms with Gasteiger partial charge in [0.1, 0.15) is 0 Å². The number of nitrogens with one attached hydrogen (secondary N) is 1. The number of anilines is 1. The van der Waals surface area contributed by atoms with Gasteiger partial charge in [-0.05, 0) is 43.6 Å². The summed E-state index contributed by atoms with van der Waals surface area (Å²) in [6, 6.07) is 12.8. The van der Waals surface area contributed by atoms with Crippen LogP contribution in [0.3, 0.4) is 0 Å². The minimum atomic E-state index is 0.0185. The van der Waals surface area contributed by atoms with Gasteiger partial charge in [0.15, 0.2) is 0 Å². The Morgan fingerprint density at radius 2 is 2.00 bits per heavy atom. The Morgan fingerprint density at radius 1 is 1.15 bits per heavy atom. The quantitative estimate of drug-likeness (QED) is 0.635. The molecule has 8 heteroatoms. The molecule has 0 spiro atoms. The zero-order valence-corrected chi connectivity index (χ0v) is 19.8. The third kappa shape index (κ3) is 3.96.